The van der Waals surface area contributed by atoms with Gasteiger partial charge in [-0.1, -0.05) is 54.1 Å². The number of halogens is 1. The van der Waals surface area contributed by atoms with Gasteiger partial charge in [-0.25, -0.2) is 4.98 Å². The van der Waals surface area contributed by atoms with Crippen molar-refractivity contribution in [1.29, 1.82) is 0 Å². The van der Waals surface area contributed by atoms with Crippen LogP contribution in [0.15, 0.2) is 78.5 Å². The zero-order valence-electron chi connectivity index (χ0n) is 19.4. The van der Waals surface area contributed by atoms with E-state index >= 15 is 0 Å². The van der Waals surface area contributed by atoms with Crippen molar-refractivity contribution in [2.24, 2.45) is 5.92 Å². The second-order valence-corrected chi connectivity index (χ2v) is 9.28. The van der Waals surface area contributed by atoms with Gasteiger partial charge in [-0.2, -0.15) is 0 Å². The molecule has 1 aliphatic heterocycles. The average molecular weight is 486 g/mol. The number of fused-ring (bicyclic) bond motifs is 4. The molecule has 3 aromatic carbocycles. The van der Waals surface area contributed by atoms with Crippen molar-refractivity contribution in [3.8, 4) is 11.5 Å². The number of carbonyl (C=O) groups is 1. The molecule has 176 valence electrons. The van der Waals surface area contributed by atoms with Gasteiger partial charge in [0.05, 0.1) is 37.2 Å². The van der Waals surface area contributed by atoms with Crippen LogP contribution in [0.4, 0.5) is 5.95 Å². The molecule has 35 heavy (non-hydrogen) atoms. The fraction of sp³-hybridized carbons (Fsp3) is 0.214. The topological polar surface area (TPSA) is 65.4 Å². The number of aromatic nitrogens is 2. The Labute approximate surface area is 208 Å². The highest BCUT2D eigenvalue weighted by Crippen LogP contribution is 2.48. The van der Waals surface area contributed by atoms with E-state index in [-0.39, 0.29) is 17.7 Å². The lowest BCUT2D eigenvalue weighted by molar-refractivity contribution is -0.123. The molecule has 0 unspecified atom stereocenters. The standard InChI is InChI=1S/C28H24ClN3O3/c1-34-24-12-11-16(15-25(24)35-2)17-13-21-26(23(33)14-17)27(18-7-3-4-8-19(18)29)32-22-10-6-5-9-20(22)30-28(32)31-21/h3-13,15,17,26-27H,14H2,1-2H3,(H,30,31)/t17-,26+,27+/m0/s1. The highest BCUT2D eigenvalue weighted by molar-refractivity contribution is 6.31. The van der Waals surface area contributed by atoms with E-state index in [1.807, 2.05) is 66.7 Å². The molecule has 0 bridgehead atoms. The van der Waals surface area contributed by atoms with Crippen LogP contribution in [0.25, 0.3) is 11.0 Å². The summed E-state index contributed by atoms with van der Waals surface area (Å²) in [7, 11) is 3.23. The van der Waals surface area contributed by atoms with E-state index in [1.54, 1.807) is 14.2 Å². The van der Waals surface area contributed by atoms with Gasteiger partial charge in [-0.15, -0.1) is 0 Å². The predicted molar refractivity (Wildman–Crippen MR) is 136 cm³/mol. The van der Waals surface area contributed by atoms with Crippen LogP contribution in [0.5, 0.6) is 11.5 Å². The third-order valence-electron chi connectivity index (χ3n) is 6.99. The summed E-state index contributed by atoms with van der Waals surface area (Å²) in [4.78, 5) is 18.7. The van der Waals surface area contributed by atoms with E-state index in [4.69, 9.17) is 26.1 Å². The molecule has 2 heterocycles. The minimum Gasteiger partial charge on any atom is -0.493 e. The Morgan fingerprint density at radius 3 is 2.57 bits per heavy atom. The van der Waals surface area contributed by atoms with Gasteiger partial charge < -0.3 is 19.4 Å². The first-order valence-electron chi connectivity index (χ1n) is 11.5. The summed E-state index contributed by atoms with van der Waals surface area (Å²) >= 11 is 6.70. The minimum atomic E-state index is -0.392. The molecule has 0 saturated heterocycles. The van der Waals surface area contributed by atoms with E-state index in [1.165, 1.54) is 0 Å². The van der Waals surface area contributed by atoms with Crippen molar-refractivity contribution in [2.45, 2.75) is 18.4 Å². The van der Waals surface area contributed by atoms with Crippen LogP contribution in [0.2, 0.25) is 5.02 Å². The summed E-state index contributed by atoms with van der Waals surface area (Å²) in [5.74, 6) is 1.68. The number of benzene rings is 3. The summed E-state index contributed by atoms with van der Waals surface area (Å²) < 4.78 is 13.0. The van der Waals surface area contributed by atoms with Crippen molar-refractivity contribution in [3.63, 3.8) is 0 Å². The highest BCUT2D eigenvalue weighted by Gasteiger charge is 2.44. The Bertz CT molecular complexity index is 1490. The zero-order valence-corrected chi connectivity index (χ0v) is 20.1. The number of hydrogen-bond acceptors (Lipinski definition) is 5. The number of hydrogen-bond donors (Lipinski definition) is 1. The van der Waals surface area contributed by atoms with Crippen LogP contribution in [0, 0.1) is 5.92 Å². The van der Waals surface area contributed by atoms with Crippen molar-refractivity contribution in [2.75, 3.05) is 19.5 Å². The number of ketones is 1. The number of ether oxygens (including phenoxy) is 2. The minimum absolute atomic E-state index is 0.0936. The zero-order chi connectivity index (χ0) is 24.1. The number of nitrogens with one attached hydrogen (secondary N) is 1. The van der Waals surface area contributed by atoms with Crippen LogP contribution < -0.4 is 14.8 Å². The number of anilines is 1. The van der Waals surface area contributed by atoms with Gasteiger partial charge >= 0.3 is 0 Å². The van der Waals surface area contributed by atoms with Crippen LogP contribution in [-0.2, 0) is 4.79 Å². The maximum atomic E-state index is 13.8. The molecule has 6 nitrogen and oxygen atoms in total. The number of para-hydroxylation sites is 2. The molecular weight excluding hydrogens is 462 g/mol. The van der Waals surface area contributed by atoms with Crippen molar-refractivity contribution >= 4 is 34.4 Å². The molecule has 3 atom stereocenters. The molecule has 0 fully saturated rings. The third kappa shape index (κ3) is 3.48. The Kier molecular flexibility index (Phi) is 5.26. The summed E-state index contributed by atoms with van der Waals surface area (Å²) in [6.07, 6.45) is 2.54. The number of carbonyl (C=O) groups excluding carboxylic acids is 1. The molecule has 0 saturated carbocycles. The van der Waals surface area contributed by atoms with Crippen molar-refractivity contribution in [1.82, 2.24) is 9.55 Å². The van der Waals surface area contributed by atoms with Crippen LogP contribution in [0.1, 0.15) is 29.5 Å². The number of methoxy groups -OCH3 is 2. The van der Waals surface area contributed by atoms with Gasteiger partial charge in [-0.3, -0.25) is 4.79 Å². The third-order valence-corrected chi connectivity index (χ3v) is 7.33. The second kappa shape index (κ2) is 8.47. The summed E-state index contributed by atoms with van der Waals surface area (Å²) in [5, 5.41) is 4.12. The summed E-state index contributed by atoms with van der Waals surface area (Å²) in [6.45, 7) is 0. The largest absolute Gasteiger partial charge is 0.493 e. The number of rotatable bonds is 4. The lowest BCUT2D eigenvalue weighted by Crippen LogP contribution is -2.39. The van der Waals surface area contributed by atoms with Gasteiger partial charge in [-0.05, 0) is 41.5 Å². The molecular formula is C28H24ClN3O3. The quantitative estimate of drug-likeness (QED) is 0.385. The smallest absolute Gasteiger partial charge is 0.208 e. The number of imidazole rings is 1. The monoisotopic (exact) mass is 485 g/mol. The first-order chi connectivity index (χ1) is 17.1. The van der Waals surface area contributed by atoms with Gasteiger partial charge in [0, 0.05) is 23.1 Å². The molecule has 1 aromatic heterocycles. The molecule has 0 spiro atoms. The molecule has 0 radical (unpaired) electrons. The first-order valence-corrected chi connectivity index (χ1v) is 11.9. The highest BCUT2D eigenvalue weighted by atomic mass is 35.5. The maximum Gasteiger partial charge on any atom is 0.208 e. The van der Waals surface area contributed by atoms with Gasteiger partial charge in [0.1, 0.15) is 5.78 Å². The fourth-order valence-corrected chi connectivity index (χ4v) is 5.63. The Balaban J connectivity index is 1.52. The van der Waals surface area contributed by atoms with Gasteiger partial charge in [0.2, 0.25) is 5.95 Å². The van der Waals surface area contributed by atoms with Crippen LogP contribution in [0.3, 0.4) is 0 Å². The lowest BCUT2D eigenvalue weighted by Gasteiger charge is -2.39. The van der Waals surface area contributed by atoms with E-state index < -0.39 is 5.92 Å². The van der Waals surface area contributed by atoms with E-state index in [0.717, 1.165) is 27.9 Å². The van der Waals surface area contributed by atoms with Crippen molar-refractivity contribution in [3.05, 3.63) is 94.7 Å². The molecule has 4 aromatic rings. The average Bonchev–Trinajstić information content (AvgIpc) is 3.25. The number of Topliss-reactive ketones (excluding diaryl/α,β-unsaturated/α-hetero) is 1. The molecule has 0 amide bonds. The fourth-order valence-electron chi connectivity index (χ4n) is 5.39. The van der Waals surface area contributed by atoms with Gasteiger partial charge in [0.25, 0.3) is 0 Å². The SMILES string of the molecule is COc1ccc([C@H]2C=C3Nc4nc5ccccc5n4[C@H](c4ccccc4Cl)[C@H]3C(=O)C2)cc1OC. The van der Waals surface area contributed by atoms with Crippen LogP contribution in [-0.4, -0.2) is 29.6 Å². The van der Waals surface area contributed by atoms with Crippen molar-refractivity contribution < 1.29 is 14.3 Å². The number of allylic oxidation sites excluding steroid dienone is 2. The predicted octanol–water partition coefficient (Wildman–Crippen LogP) is 5.98. The van der Waals surface area contributed by atoms with E-state index in [9.17, 15) is 4.79 Å². The van der Waals surface area contributed by atoms with Gasteiger partial charge in [0.15, 0.2) is 11.5 Å². The molecule has 1 N–H and O–H groups in total. The summed E-state index contributed by atoms with van der Waals surface area (Å²) in [6, 6.07) is 21.2. The Morgan fingerprint density at radius 2 is 1.77 bits per heavy atom. The Hall–Kier alpha value is -3.77. The molecule has 2 aliphatic rings. The summed E-state index contributed by atoms with van der Waals surface area (Å²) in [5.41, 5.74) is 4.60. The normalized spacial score (nSPS) is 21.1. The maximum absolute atomic E-state index is 13.8. The molecule has 6 rings (SSSR count). The van der Waals surface area contributed by atoms with E-state index in [2.05, 4.69) is 16.0 Å². The molecule has 7 heteroatoms. The Morgan fingerprint density at radius 1 is 1.00 bits per heavy atom. The second-order valence-electron chi connectivity index (χ2n) is 8.88. The first kappa shape index (κ1) is 21.7. The number of nitrogens with zero attached hydrogens (tertiary/aromatic N) is 2. The van der Waals surface area contributed by atoms with E-state index in [0.29, 0.717) is 28.9 Å². The lowest BCUT2D eigenvalue weighted by atomic mass is 9.75. The molecule has 1 aliphatic carbocycles. The van der Waals surface area contributed by atoms with Crippen LogP contribution >= 0.6 is 11.6 Å².